The third-order valence-corrected chi connectivity index (χ3v) is 6.23. The summed E-state index contributed by atoms with van der Waals surface area (Å²) in [5, 5.41) is 6.40. The monoisotopic (exact) mass is 344 g/mol. The second-order valence-electron chi connectivity index (χ2n) is 6.84. The van der Waals surface area contributed by atoms with Gasteiger partial charge >= 0.3 is 0 Å². The Morgan fingerprint density at radius 3 is 2.88 bits per heavy atom. The topological polar surface area (TPSA) is 41.4 Å². The third-order valence-electron chi connectivity index (χ3n) is 5.26. The number of thiophene rings is 1. The maximum Gasteiger partial charge on any atom is 0.237 e. The highest BCUT2D eigenvalue weighted by Crippen LogP contribution is 2.36. The smallest absolute Gasteiger partial charge is 0.237 e. The second-order valence-corrected chi connectivity index (χ2v) is 7.82. The van der Waals surface area contributed by atoms with Crippen LogP contribution >= 0.6 is 11.3 Å². The zero-order valence-corrected chi connectivity index (χ0v) is 14.9. The molecule has 128 valence electrons. The summed E-state index contributed by atoms with van der Waals surface area (Å²) in [5.74, 6) is 0.279. The Morgan fingerprint density at radius 1 is 1.29 bits per heavy atom. The minimum atomic E-state index is 0.279. The van der Waals surface area contributed by atoms with E-state index in [4.69, 9.17) is 0 Å². The molecule has 0 radical (unpaired) electrons. The Hall–Kier alpha value is -1.66. The Morgan fingerprint density at radius 2 is 2.12 bits per heavy atom. The molecule has 0 bridgehead atoms. The molecule has 2 aromatic heterocycles. The van der Waals surface area contributed by atoms with Crippen molar-refractivity contribution in [2.45, 2.75) is 37.8 Å². The quantitative estimate of drug-likeness (QED) is 0.856. The van der Waals surface area contributed by atoms with Gasteiger partial charge in [0, 0.05) is 36.3 Å². The number of aromatic nitrogens is 2. The van der Waals surface area contributed by atoms with E-state index in [1.807, 2.05) is 17.9 Å². The van der Waals surface area contributed by atoms with Gasteiger partial charge in [0.25, 0.3) is 0 Å². The van der Waals surface area contributed by atoms with Gasteiger partial charge in [-0.15, -0.1) is 11.3 Å². The van der Waals surface area contributed by atoms with Crippen LogP contribution in [0.15, 0.2) is 29.9 Å². The fourth-order valence-electron chi connectivity index (χ4n) is 4.11. The maximum atomic E-state index is 13.0. The molecule has 24 heavy (non-hydrogen) atoms. The first-order valence-electron chi connectivity index (χ1n) is 8.78. The summed E-state index contributed by atoms with van der Waals surface area (Å²) in [6.45, 7) is 2.43. The zero-order chi connectivity index (χ0) is 16.5. The number of aryl methyl sites for hydroxylation is 1. The lowest BCUT2D eigenvalue weighted by Crippen LogP contribution is -2.39. The van der Waals surface area contributed by atoms with Gasteiger partial charge in [-0.1, -0.05) is 6.07 Å². The Balaban J connectivity index is 1.45. The highest BCUT2D eigenvalue weighted by Gasteiger charge is 2.34. The predicted octanol–water partition coefficient (Wildman–Crippen LogP) is 2.98. The van der Waals surface area contributed by atoms with Crippen molar-refractivity contribution >= 4 is 17.2 Å². The van der Waals surface area contributed by atoms with Crippen LogP contribution in [-0.4, -0.2) is 45.1 Å². The van der Waals surface area contributed by atoms with Crippen LogP contribution in [0.5, 0.6) is 0 Å². The van der Waals surface area contributed by atoms with E-state index >= 15 is 0 Å². The number of nitrogens with zero attached hydrogens (tertiary/aromatic N) is 4. The molecule has 2 saturated heterocycles. The van der Waals surface area contributed by atoms with Crippen LogP contribution in [0.2, 0.25) is 0 Å². The Bertz CT molecular complexity index is 696. The normalized spacial score (nSPS) is 24.8. The van der Waals surface area contributed by atoms with Gasteiger partial charge in [-0.2, -0.15) is 5.10 Å². The summed E-state index contributed by atoms with van der Waals surface area (Å²) in [6, 6.07) is 4.87. The summed E-state index contributed by atoms with van der Waals surface area (Å²) in [4.78, 5) is 18.7. The van der Waals surface area contributed by atoms with Gasteiger partial charge in [0.2, 0.25) is 5.91 Å². The lowest BCUT2D eigenvalue weighted by atomic mass is 10.1. The molecule has 2 fully saturated rings. The maximum absolute atomic E-state index is 13.0. The molecule has 0 spiro atoms. The highest BCUT2D eigenvalue weighted by atomic mass is 32.1. The molecule has 0 N–H and O–H groups in total. The molecule has 0 saturated carbocycles. The largest absolute Gasteiger partial charge is 0.334 e. The fourth-order valence-corrected chi connectivity index (χ4v) is 4.99. The minimum absolute atomic E-state index is 0.279. The van der Waals surface area contributed by atoms with Crippen molar-refractivity contribution in [1.82, 2.24) is 19.6 Å². The van der Waals surface area contributed by atoms with Gasteiger partial charge < -0.3 is 4.90 Å². The number of hydrogen-bond donors (Lipinski definition) is 0. The van der Waals surface area contributed by atoms with E-state index in [9.17, 15) is 4.79 Å². The lowest BCUT2D eigenvalue weighted by molar-refractivity contribution is -0.133. The molecular weight excluding hydrogens is 320 g/mol. The molecule has 4 heterocycles. The Kier molecular flexibility index (Phi) is 4.41. The van der Waals surface area contributed by atoms with Crippen LogP contribution in [0.4, 0.5) is 0 Å². The fraction of sp³-hybridized carbons (Fsp3) is 0.556. The van der Waals surface area contributed by atoms with E-state index in [0.29, 0.717) is 12.6 Å². The van der Waals surface area contributed by atoms with E-state index in [1.54, 1.807) is 11.3 Å². The molecule has 5 nitrogen and oxygen atoms in total. The molecule has 2 aliphatic heterocycles. The lowest BCUT2D eigenvalue weighted by Gasteiger charge is -2.29. The zero-order valence-electron chi connectivity index (χ0n) is 14.1. The van der Waals surface area contributed by atoms with Gasteiger partial charge in [-0.25, -0.2) is 0 Å². The van der Waals surface area contributed by atoms with Crippen molar-refractivity contribution < 1.29 is 4.79 Å². The van der Waals surface area contributed by atoms with Crippen LogP contribution < -0.4 is 0 Å². The van der Waals surface area contributed by atoms with Crippen molar-refractivity contribution in [2.75, 3.05) is 19.6 Å². The number of hydrogen-bond acceptors (Lipinski definition) is 4. The average molecular weight is 344 g/mol. The first-order valence-corrected chi connectivity index (χ1v) is 9.66. The molecule has 0 unspecified atom stereocenters. The Labute approximate surface area is 146 Å². The molecule has 4 rings (SSSR count). The van der Waals surface area contributed by atoms with Crippen LogP contribution in [0.1, 0.15) is 48.2 Å². The molecule has 0 aromatic carbocycles. The molecule has 1 amide bonds. The average Bonchev–Trinajstić information content (AvgIpc) is 3.34. The molecule has 2 atom stereocenters. The van der Waals surface area contributed by atoms with Crippen molar-refractivity contribution in [3.05, 3.63) is 40.3 Å². The first-order chi connectivity index (χ1) is 11.7. The van der Waals surface area contributed by atoms with Crippen molar-refractivity contribution in [3.63, 3.8) is 0 Å². The number of amides is 1. The van der Waals surface area contributed by atoms with E-state index in [2.05, 4.69) is 38.6 Å². The third kappa shape index (κ3) is 3.00. The summed E-state index contributed by atoms with van der Waals surface area (Å²) < 4.78 is 1.85. The summed E-state index contributed by atoms with van der Waals surface area (Å²) >= 11 is 1.77. The molecule has 0 aliphatic carbocycles. The van der Waals surface area contributed by atoms with E-state index in [0.717, 1.165) is 38.8 Å². The van der Waals surface area contributed by atoms with E-state index < -0.39 is 0 Å². The van der Waals surface area contributed by atoms with Crippen LogP contribution in [0, 0.1) is 0 Å². The van der Waals surface area contributed by atoms with Crippen molar-refractivity contribution in [3.8, 4) is 0 Å². The van der Waals surface area contributed by atoms with Crippen LogP contribution in [-0.2, 0) is 11.8 Å². The van der Waals surface area contributed by atoms with Crippen LogP contribution in [0.25, 0.3) is 0 Å². The number of carbonyl (C=O) groups is 1. The van der Waals surface area contributed by atoms with E-state index in [-0.39, 0.29) is 11.9 Å². The van der Waals surface area contributed by atoms with Crippen molar-refractivity contribution in [2.24, 2.45) is 7.05 Å². The van der Waals surface area contributed by atoms with Gasteiger partial charge in [0.15, 0.2) is 0 Å². The highest BCUT2D eigenvalue weighted by molar-refractivity contribution is 7.10. The number of carbonyl (C=O) groups excluding carboxylic acids is 1. The van der Waals surface area contributed by atoms with Gasteiger partial charge in [0.05, 0.1) is 18.8 Å². The standard InChI is InChI=1S/C18H24N4OS/c1-20-12-14(11-19-20)15-5-2-8-21(15)13-18(23)22-9-3-6-16(22)17-7-4-10-24-17/h4,7,10-12,15-16H,2-3,5-6,8-9,13H2,1H3/t15-,16+/m1/s1. The number of rotatable bonds is 4. The molecule has 2 aliphatic rings. The van der Waals surface area contributed by atoms with Crippen molar-refractivity contribution in [1.29, 1.82) is 0 Å². The first kappa shape index (κ1) is 15.8. The summed E-state index contributed by atoms with van der Waals surface area (Å²) in [6.07, 6.45) is 8.50. The van der Waals surface area contributed by atoms with E-state index in [1.165, 1.54) is 10.4 Å². The summed E-state index contributed by atoms with van der Waals surface area (Å²) in [7, 11) is 1.95. The molecule has 6 heteroatoms. The predicted molar refractivity (Wildman–Crippen MR) is 94.8 cm³/mol. The van der Waals surface area contributed by atoms with Crippen LogP contribution in [0.3, 0.4) is 0 Å². The number of likely N-dealkylation sites (tertiary alicyclic amines) is 2. The van der Waals surface area contributed by atoms with Gasteiger partial charge in [-0.05, 0) is 43.7 Å². The van der Waals surface area contributed by atoms with Gasteiger partial charge in [-0.3, -0.25) is 14.4 Å². The summed E-state index contributed by atoms with van der Waals surface area (Å²) in [5.41, 5.74) is 1.24. The molecule has 2 aromatic rings. The molecular formula is C18H24N4OS. The minimum Gasteiger partial charge on any atom is -0.334 e. The SMILES string of the molecule is Cn1cc([C@H]2CCCN2CC(=O)N2CCC[C@H]2c2cccs2)cn1. The second kappa shape index (κ2) is 6.69. The van der Waals surface area contributed by atoms with Gasteiger partial charge in [0.1, 0.15) is 0 Å².